The van der Waals surface area contributed by atoms with E-state index in [0.717, 1.165) is 51.4 Å². The lowest BCUT2D eigenvalue weighted by Gasteiger charge is -2.70. The van der Waals surface area contributed by atoms with Crippen LogP contribution in [0.3, 0.4) is 0 Å². The average Bonchev–Trinajstić information content (AvgIpc) is 2.76. The lowest BCUT2D eigenvalue weighted by molar-refractivity contribution is -0.189. The molecule has 0 saturated heterocycles. The number of hydrogen-bond donors (Lipinski definition) is 1. The molecule has 4 nitrogen and oxygen atoms in total. The Labute approximate surface area is 212 Å². The van der Waals surface area contributed by atoms with Gasteiger partial charge in [-0.1, -0.05) is 60.1 Å². The number of hydrogen-bond acceptors (Lipinski definition) is 2. The first-order chi connectivity index (χ1) is 16.1. The van der Waals surface area contributed by atoms with Crippen LogP contribution in [-0.2, 0) is 9.59 Å². The molecule has 5 aliphatic rings. The molecule has 192 valence electrons. The van der Waals surface area contributed by atoms with Crippen molar-refractivity contribution in [3.8, 4) is 0 Å². The van der Waals surface area contributed by atoms with Crippen molar-refractivity contribution in [2.24, 2.45) is 50.2 Å². The number of aliphatic carboxylic acids is 1. The first-order valence-corrected chi connectivity index (χ1v) is 13.9. The molecule has 0 amide bonds. The second-order valence-electron chi connectivity index (χ2n) is 15.1. The molecule has 35 heavy (non-hydrogen) atoms. The highest BCUT2D eigenvalue weighted by molar-refractivity contribution is 5.92. The van der Waals surface area contributed by atoms with Crippen LogP contribution in [-0.4, -0.2) is 22.9 Å². The fraction of sp³-hybridized carbons (Fsp3) is 0.839. The zero-order valence-corrected chi connectivity index (χ0v) is 23.0. The van der Waals surface area contributed by atoms with Crippen LogP contribution in [0.15, 0.2) is 11.6 Å². The summed E-state index contributed by atoms with van der Waals surface area (Å²) in [5.41, 5.74) is 0.496. The van der Waals surface area contributed by atoms with Crippen LogP contribution in [0.4, 0.5) is 0 Å². The van der Waals surface area contributed by atoms with Gasteiger partial charge in [0.15, 0.2) is 0 Å². The van der Waals surface area contributed by atoms with Crippen molar-refractivity contribution in [2.75, 3.05) is 0 Å². The summed E-state index contributed by atoms with van der Waals surface area (Å²) < 4.78 is 0. The van der Waals surface area contributed by atoms with Gasteiger partial charge in [0.1, 0.15) is 0 Å². The first-order valence-electron chi connectivity index (χ1n) is 13.9. The third kappa shape index (κ3) is 2.96. The van der Waals surface area contributed by atoms with E-state index in [2.05, 4.69) is 59.4 Å². The number of carboxylic acid groups (broad SMARTS) is 1. The van der Waals surface area contributed by atoms with E-state index in [4.69, 9.17) is 6.57 Å². The molecular weight excluding hydrogens is 434 g/mol. The number of nitrogens with zero attached hydrogens (tertiary/aromatic N) is 1. The van der Waals surface area contributed by atoms with Crippen molar-refractivity contribution in [1.82, 2.24) is 0 Å². The summed E-state index contributed by atoms with van der Waals surface area (Å²) in [6.45, 7) is 24.0. The SMILES string of the molecule is [C-]#[N+]C1C[C@]2(C)[C@H]3CC=C4C5CC(C)(C)CC[C@]5(C(=O)O)CC[C@@]4(C)[C@]3(C)CC[C@H]2C(C)(C)C1=O. The molecule has 0 spiro atoms. The topological polar surface area (TPSA) is 58.7 Å². The van der Waals surface area contributed by atoms with Crippen molar-refractivity contribution in [1.29, 1.82) is 0 Å². The van der Waals surface area contributed by atoms with Crippen LogP contribution in [0.25, 0.3) is 4.85 Å². The summed E-state index contributed by atoms with van der Waals surface area (Å²) in [7, 11) is 0. The fourth-order valence-electron chi connectivity index (χ4n) is 10.7. The highest BCUT2D eigenvalue weighted by Gasteiger charge is 2.71. The van der Waals surface area contributed by atoms with Gasteiger partial charge in [0, 0.05) is 11.8 Å². The van der Waals surface area contributed by atoms with Crippen molar-refractivity contribution in [3.63, 3.8) is 0 Å². The molecule has 8 atom stereocenters. The number of rotatable bonds is 1. The van der Waals surface area contributed by atoms with Crippen molar-refractivity contribution >= 4 is 11.8 Å². The van der Waals surface area contributed by atoms with E-state index >= 15 is 0 Å². The number of Topliss-reactive ketones (excluding diaryl/α,β-unsaturated/α-hetero) is 1. The Balaban J connectivity index is 1.62. The van der Waals surface area contributed by atoms with E-state index in [0.29, 0.717) is 18.3 Å². The Morgan fingerprint density at radius 3 is 2.26 bits per heavy atom. The van der Waals surface area contributed by atoms with Crippen LogP contribution in [0.5, 0.6) is 0 Å². The summed E-state index contributed by atoms with van der Waals surface area (Å²) in [6, 6.07) is -0.531. The van der Waals surface area contributed by atoms with Crippen molar-refractivity contribution in [3.05, 3.63) is 23.1 Å². The maximum absolute atomic E-state index is 13.2. The molecule has 5 aliphatic carbocycles. The molecular formula is C31H45NO3. The third-order valence-electron chi connectivity index (χ3n) is 12.9. The Bertz CT molecular complexity index is 1050. The molecule has 0 aromatic rings. The largest absolute Gasteiger partial charge is 0.481 e. The Morgan fingerprint density at radius 1 is 0.971 bits per heavy atom. The van der Waals surface area contributed by atoms with Gasteiger partial charge in [0.2, 0.25) is 5.78 Å². The van der Waals surface area contributed by atoms with E-state index in [-0.39, 0.29) is 33.4 Å². The Kier molecular flexibility index (Phi) is 5.17. The van der Waals surface area contributed by atoms with Gasteiger partial charge in [-0.2, -0.15) is 0 Å². The molecule has 1 N–H and O–H groups in total. The van der Waals surface area contributed by atoms with E-state index < -0.39 is 22.8 Å². The normalized spacial score (nSPS) is 49.9. The highest BCUT2D eigenvalue weighted by atomic mass is 16.4. The molecule has 0 bridgehead atoms. The summed E-state index contributed by atoms with van der Waals surface area (Å²) in [5.74, 6) is 0.383. The van der Waals surface area contributed by atoms with Crippen molar-refractivity contribution in [2.45, 2.75) is 112 Å². The summed E-state index contributed by atoms with van der Waals surface area (Å²) in [5, 5.41) is 10.5. The van der Waals surface area contributed by atoms with E-state index in [1.165, 1.54) is 5.57 Å². The number of ketones is 1. The molecule has 4 heteroatoms. The molecule has 4 saturated carbocycles. The zero-order valence-electron chi connectivity index (χ0n) is 23.0. The molecule has 2 unspecified atom stereocenters. The van der Waals surface area contributed by atoms with Gasteiger partial charge in [-0.3, -0.25) is 9.59 Å². The lowest BCUT2D eigenvalue weighted by atomic mass is 9.33. The number of fused-ring (bicyclic) bond motifs is 7. The van der Waals surface area contributed by atoms with Gasteiger partial charge in [0.05, 0.1) is 5.41 Å². The van der Waals surface area contributed by atoms with Crippen LogP contribution in [0.2, 0.25) is 0 Å². The molecule has 0 radical (unpaired) electrons. The summed E-state index contributed by atoms with van der Waals surface area (Å²) >= 11 is 0. The van der Waals surface area contributed by atoms with Gasteiger partial charge < -0.3 is 9.95 Å². The smallest absolute Gasteiger partial charge is 0.310 e. The molecule has 0 aromatic heterocycles. The maximum atomic E-state index is 13.2. The van der Waals surface area contributed by atoms with Crippen molar-refractivity contribution < 1.29 is 14.7 Å². The minimum Gasteiger partial charge on any atom is -0.481 e. The second-order valence-corrected chi connectivity index (χ2v) is 15.1. The molecule has 0 heterocycles. The number of carbonyl (C=O) groups excluding carboxylic acids is 1. The zero-order chi connectivity index (χ0) is 25.8. The number of carbonyl (C=O) groups is 2. The molecule has 0 aromatic carbocycles. The minimum absolute atomic E-state index is 0.0276. The minimum atomic E-state index is -0.612. The van der Waals surface area contributed by atoms with Crippen LogP contribution in [0, 0.1) is 56.8 Å². The quantitative estimate of drug-likeness (QED) is 0.316. The summed E-state index contributed by atoms with van der Waals surface area (Å²) in [6.07, 6.45) is 10.7. The van der Waals surface area contributed by atoms with E-state index in [1.807, 2.05) is 0 Å². The predicted octanol–water partition coefficient (Wildman–Crippen LogP) is 7.34. The Hall–Kier alpha value is -1.63. The fourth-order valence-corrected chi connectivity index (χ4v) is 10.7. The van der Waals surface area contributed by atoms with Gasteiger partial charge in [-0.05, 0) is 90.8 Å². The monoisotopic (exact) mass is 479 g/mol. The lowest BCUT2D eigenvalue weighted by Crippen LogP contribution is -2.66. The van der Waals surface area contributed by atoms with Gasteiger partial charge in [-0.25, -0.2) is 6.57 Å². The molecule has 5 rings (SSSR count). The third-order valence-corrected chi connectivity index (χ3v) is 12.9. The molecule has 0 aliphatic heterocycles. The summed E-state index contributed by atoms with van der Waals surface area (Å²) in [4.78, 5) is 29.9. The van der Waals surface area contributed by atoms with Gasteiger partial charge in [0.25, 0.3) is 6.04 Å². The van der Waals surface area contributed by atoms with Crippen LogP contribution >= 0.6 is 0 Å². The maximum Gasteiger partial charge on any atom is 0.310 e. The standard InChI is InChI=1S/C31H45NO3/c1-26(2)13-15-31(25(34)35)16-14-29(6)19(20(31)17-26)9-10-23-28(5)18-21(32-8)24(33)27(3,4)22(28)11-12-30(23,29)7/h9,20-23H,10-18H2,1-7H3,(H,34,35)/t20?,21?,22-,23+,28-,29+,30+,31-/m0/s1. The molecule has 4 fully saturated rings. The predicted molar refractivity (Wildman–Crippen MR) is 137 cm³/mol. The Morgan fingerprint density at radius 2 is 1.63 bits per heavy atom. The van der Waals surface area contributed by atoms with Gasteiger partial charge in [-0.15, -0.1) is 0 Å². The number of carboxylic acids is 1. The highest BCUT2D eigenvalue weighted by Crippen LogP contribution is 2.75. The average molecular weight is 480 g/mol. The second kappa shape index (κ2) is 7.23. The van der Waals surface area contributed by atoms with Crippen LogP contribution in [0.1, 0.15) is 106 Å². The van der Waals surface area contributed by atoms with Gasteiger partial charge >= 0.3 is 5.97 Å². The van der Waals surface area contributed by atoms with E-state index in [9.17, 15) is 14.7 Å². The number of allylic oxidation sites excluding steroid dienone is 2. The van der Waals surface area contributed by atoms with Crippen LogP contribution < -0.4 is 0 Å². The van der Waals surface area contributed by atoms with E-state index in [1.54, 1.807) is 0 Å². The first kappa shape index (κ1) is 25.0.